The topological polar surface area (TPSA) is 72.2 Å². The summed E-state index contributed by atoms with van der Waals surface area (Å²) in [4.78, 5) is 21.6. The van der Waals surface area contributed by atoms with E-state index in [1.165, 1.54) is 0 Å². The molecule has 13 heavy (non-hydrogen) atoms. The molecular formula is C7H13BrGdN2O2. The Bertz CT molecular complexity index is 195. The van der Waals surface area contributed by atoms with Gasteiger partial charge in [0.1, 0.15) is 4.32 Å². The fraction of sp³-hybridized carbons (Fsp3) is 0.714. The van der Waals surface area contributed by atoms with Crippen molar-refractivity contribution in [1.29, 1.82) is 0 Å². The average Bonchev–Trinajstić information content (AvgIpc) is 2.02. The maximum Gasteiger partial charge on any atom is 0.318 e. The van der Waals surface area contributed by atoms with E-state index in [2.05, 4.69) is 15.9 Å². The number of nitrogens with one attached hydrogen (secondary N) is 1. The smallest absolute Gasteiger partial charge is 0.318 e. The van der Waals surface area contributed by atoms with Crippen molar-refractivity contribution in [2.24, 2.45) is 5.73 Å². The van der Waals surface area contributed by atoms with Gasteiger partial charge in [-0.25, -0.2) is 4.79 Å². The van der Waals surface area contributed by atoms with Crippen molar-refractivity contribution in [2.75, 3.05) is 0 Å². The number of hydrogen-bond acceptors (Lipinski definition) is 2. The van der Waals surface area contributed by atoms with Crippen LogP contribution in [0.5, 0.6) is 0 Å². The normalized spacial score (nSPS) is 10.1. The van der Waals surface area contributed by atoms with Gasteiger partial charge in [0.2, 0.25) is 5.91 Å². The van der Waals surface area contributed by atoms with Crippen LogP contribution in [0.3, 0.4) is 0 Å². The van der Waals surface area contributed by atoms with Gasteiger partial charge in [-0.1, -0.05) is 29.8 Å². The molecule has 0 atom stereocenters. The van der Waals surface area contributed by atoms with E-state index in [1.807, 2.05) is 19.2 Å². The Labute approximate surface area is 118 Å². The van der Waals surface area contributed by atoms with E-state index in [4.69, 9.17) is 5.73 Å². The fourth-order valence-electron chi connectivity index (χ4n) is 0.795. The van der Waals surface area contributed by atoms with Crippen molar-refractivity contribution >= 4 is 27.9 Å². The van der Waals surface area contributed by atoms with Crippen LogP contribution in [0.25, 0.3) is 0 Å². The van der Waals surface area contributed by atoms with Gasteiger partial charge in [-0.05, 0) is 12.8 Å². The number of carbonyl (C=O) groups is 2. The summed E-state index contributed by atoms with van der Waals surface area (Å²) in [7, 11) is 0. The van der Waals surface area contributed by atoms with Crippen molar-refractivity contribution in [2.45, 2.75) is 31.0 Å². The molecule has 0 unspecified atom stereocenters. The molecule has 0 aliphatic carbocycles. The monoisotopic (exact) mass is 394 g/mol. The van der Waals surface area contributed by atoms with Crippen LogP contribution < -0.4 is 11.1 Å². The van der Waals surface area contributed by atoms with E-state index < -0.39 is 10.4 Å². The quantitative estimate of drug-likeness (QED) is 0.705. The number of rotatable bonds is 3. The number of imide groups is 1. The van der Waals surface area contributed by atoms with Gasteiger partial charge in [0, 0.05) is 39.9 Å². The first kappa shape index (κ1) is 16.2. The molecule has 0 rings (SSSR count). The number of alkyl halides is 1. The third kappa shape index (κ3) is 5.25. The molecule has 6 heteroatoms. The van der Waals surface area contributed by atoms with Crippen LogP contribution in [0.1, 0.15) is 26.7 Å². The van der Waals surface area contributed by atoms with E-state index >= 15 is 0 Å². The molecule has 4 nitrogen and oxygen atoms in total. The molecule has 0 saturated heterocycles. The number of halogens is 1. The fourth-order valence-corrected chi connectivity index (χ4v) is 0.894. The summed E-state index contributed by atoms with van der Waals surface area (Å²) in [5.74, 6) is -0.375. The van der Waals surface area contributed by atoms with Gasteiger partial charge in [-0.3, -0.25) is 10.1 Å². The van der Waals surface area contributed by atoms with Crippen molar-refractivity contribution in [3.05, 3.63) is 0 Å². The summed E-state index contributed by atoms with van der Waals surface area (Å²) < 4.78 is -0.665. The maximum absolute atomic E-state index is 11.3. The van der Waals surface area contributed by atoms with Gasteiger partial charge in [0.05, 0.1) is 0 Å². The second kappa shape index (κ2) is 7.09. The van der Waals surface area contributed by atoms with Gasteiger partial charge in [0.25, 0.3) is 0 Å². The second-order valence-electron chi connectivity index (χ2n) is 2.49. The van der Waals surface area contributed by atoms with Crippen LogP contribution in [0.15, 0.2) is 0 Å². The maximum atomic E-state index is 11.3. The summed E-state index contributed by atoms with van der Waals surface area (Å²) in [6, 6.07) is -0.814. The molecule has 78 valence electrons. The Kier molecular flexibility index (Phi) is 8.83. The van der Waals surface area contributed by atoms with Gasteiger partial charge < -0.3 is 5.73 Å². The minimum absolute atomic E-state index is 0. The molecule has 0 radical (unpaired) electrons. The Balaban J connectivity index is 0. The molecule has 0 aliphatic heterocycles. The third-order valence-electron chi connectivity index (χ3n) is 1.76. The molecule has 3 N–H and O–H groups in total. The molecule has 0 saturated carbocycles. The van der Waals surface area contributed by atoms with Crippen LogP contribution >= 0.6 is 15.9 Å². The van der Waals surface area contributed by atoms with Crippen LogP contribution in [-0.2, 0) is 4.79 Å². The summed E-state index contributed by atoms with van der Waals surface area (Å²) in [5, 5.41) is 2.04. The van der Waals surface area contributed by atoms with Crippen molar-refractivity contribution in [1.82, 2.24) is 5.32 Å². The molecule has 0 aromatic carbocycles. The molecule has 0 bridgehead atoms. The van der Waals surface area contributed by atoms with Crippen molar-refractivity contribution in [3.63, 3.8) is 0 Å². The Morgan fingerprint density at radius 2 is 1.77 bits per heavy atom. The molecule has 0 heterocycles. The van der Waals surface area contributed by atoms with E-state index in [-0.39, 0.29) is 45.8 Å². The summed E-state index contributed by atoms with van der Waals surface area (Å²) in [6.45, 7) is 3.72. The van der Waals surface area contributed by atoms with Gasteiger partial charge in [0.15, 0.2) is 0 Å². The van der Waals surface area contributed by atoms with Crippen molar-refractivity contribution < 1.29 is 49.5 Å². The molecule has 0 aromatic rings. The number of carbonyl (C=O) groups excluding carboxylic acids is 2. The average molecular weight is 394 g/mol. The minimum Gasteiger partial charge on any atom is -0.351 e. The number of amides is 3. The van der Waals surface area contributed by atoms with E-state index in [0.29, 0.717) is 12.8 Å². The first-order chi connectivity index (χ1) is 5.46. The first-order valence-corrected chi connectivity index (χ1v) is 4.55. The molecular weight excluding hydrogens is 381 g/mol. The Hall–Kier alpha value is 0.745. The van der Waals surface area contributed by atoms with Gasteiger partial charge in [-0.2, -0.15) is 0 Å². The Morgan fingerprint density at radius 1 is 1.38 bits per heavy atom. The predicted octanol–water partition coefficient (Wildman–Crippen LogP) is 1.13. The number of hydrogen-bond donors (Lipinski definition) is 2. The molecule has 0 aliphatic rings. The first-order valence-electron chi connectivity index (χ1n) is 3.76. The van der Waals surface area contributed by atoms with Crippen molar-refractivity contribution in [3.8, 4) is 0 Å². The van der Waals surface area contributed by atoms with E-state index in [1.54, 1.807) is 0 Å². The zero-order valence-corrected chi connectivity index (χ0v) is 11.4. The zero-order valence-electron chi connectivity index (χ0n) is 7.54. The summed E-state index contributed by atoms with van der Waals surface area (Å²) in [6.07, 6.45) is 1.23. The van der Waals surface area contributed by atoms with Gasteiger partial charge in [-0.15, -0.1) is 0 Å². The van der Waals surface area contributed by atoms with Crippen LogP contribution in [0.4, 0.5) is 4.79 Å². The number of primary amides is 1. The molecule has 0 aromatic heterocycles. The zero-order chi connectivity index (χ0) is 9.78. The molecule has 0 fully saturated rings. The van der Waals surface area contributed by atoms with Crippen LogP contribution in [-0.4, -0.2) is 16.3 Å². The SMILES string of the molecule is CCC(Br)(CC)C(=O)NC(N)=O.[Gd]. The van der Waals surface area contributed by atoms with E-state index in [0.717, 1.165) is 0 Å². The predicted molar refractivity (Wildman–Crippen MR) is 50.0 cm³/mol. The Morgan fingerprint density at radius 3 is 2.00 bits per heavy atom. The molecule has 3 amide bonds. The third-order valence-corrected chi connectivity index (χ3v) is 3.25. The second-order valence-corrected chi connectivity index (χ2v) is 4.01. The van der Waals surface area contributed by atoms with Crippen LogP contribution in [0.2, 0.25) is 0 Å². The van der Waals surface area contributed by atoms with Crippen LogP contribution in [0, 0.1) is 39.9 Å². The van der Waals surface area contributed by atoms with Gasteiger partial charge >= 0.3 is 6.03 Å². The summed E-state index contributed by atoms with van der Waals surface area (Å²) in [5.41, 5.74) is 4.81. The van der Waals surface area contributed by atoms with E-state index in [9.17, 15) is 9.59 Å². The number of urea groups is 1. The molecule has 0 spiro atoms. The minimum atomic E-state index is -0.814. The number of nitrogens with two attached hydrogens (primary N) is 1. The largest absolute Gasteiger partial charge is 0.351 e. The standard InChI is InChI=1S/C7H13BrN2O2.Gd/c1-3-7(8,4-2)5(11)10-6(9)12;/h3-4H2,1-2H3,(H3,9,10,11,12);. The summed E-state index contributed by atoms with van der Waals surface area (Å²) >= 11 is 3.26.